The number of nitrogens with one attached hydrogen (secondary N) is 2. The molecule has 2 N–H and O–H groups in total. The van der Waals surface area contributed by atoms with Gasteiger partial charge in [-0.2, -0.15) is 5.10 Å². The highest BCUT2D eigenvalue weighted by Crippen LogP contribution is 2.42. The van der Waals surface area contributed by atoms with Crippen LogP contribution in [0.5, 0.6) is 0 Å². The van der Waals surface area contributed by atoms with Gasteiger partial charge in [0.1, 0.15) is 0 Å². The molecule has 198 valence electrons. The lowest BCUT2D eigenvalue weighted by atomic mass is 9.81. The second-order valence-electron chi connectivity index (χ2n) is 10.4. The summed E-state index contributed by atoms with van der Waals surface area (Å²) in [6.45, 7) is 3.69. The van der Waals surface area contributed by atoms with E-state index in [9.17, 15) is 18.4 Å². The average molecular weight is 515 g/mol. The van der Waals surface area contributed by atoms with Gasteiger partial charge in [0.05, 0.1) is 36.4 Å². The van der Waals surface area contributed by atoms with Crippen molar-refractivity contribution < 1.29 is 22.9 Å². The fourth-order valence-corrected chi connectivity index (χ4v) is 5.15. The Labute approximate surface area is 213 Å². The monoisotopic (exact) mass is 514 g/mol. The minimum Gasteiger partial charge on any atom is -0.351 e. The number of hydrogen-bond acceptors (Lipinski definition) is 6. The Balaban J connectivity index is 1.43. The highest BCUT2D eigenvalue weighted by Gasteiger charge is 2.40. The maximum Gasteiger partial charge on any atom is 0.290 e. The van der Waals surface area contributed by atoms with E-state index in [1.165, 1.54) is 6.20 Å². The Bertz CT molecular complexity index is 1270. The van der Waals surface area contributed by atoms with Gasteiger partial charge < -0.3 is 15.2 Å². The van der Waals surface area contributed by atoms with E-state index in [1.54, 1.807) is 23.8 Å². The van der Waals surface area contributed by atoms with E-state index in [0.717, 1.165) is 24.8 Å². The summed E-state index contributed by atoms with van der Waals surface area (Å²) in [6, 6.07) is 1.18. The largest absolute Gasteiger partial charge is 0.351 e. The zero-order chi connectivity index (χ0) is 26.2. The van der Waals surface area contributed by atoms with Gasteiger partial charge in [-0.25, -0.2) is 18.3 Å². The number of carbonyl (C=O) groups is 2. The van der Waals surface area contributed by atoms with Crippen LogP contribution in [0.3, 0.4) is 0 Å². The molecular weight excluding hydrogens is 482 g/mol. The van der Waals surface area contributed by atoms with E-state index in [0.29, 0.717) is 29.2 Å². The van der Waals surface area contributed by atoms with Crippen LogP contribution >= 0.6 is 0 Å². The molecule has 0 bridgehead atoms. The fourth-order valence-electron chi connectivity index (χ4n) is 5.15. The van der Waals surface area contributed by atoms with E-state index in [2.05, 4.69) is 20.9 Å². The fraction of sp³-hybridized carbons (Fsp3) is 0.577. The van der Waals surface area contributed by atoms with Crippen LogP contribution in [0.4, 0.5) is 8.78 Å². The van der Waals surface area contributed by atoms with Crippen molar-refractivity contribution in [3.63, 3.8) is 0 Å². The number of aromatic nitrogens is 4. The van der Waals surface area contributed by atoms with Crippen molar-refractivity contribution in [1.82, 2.24) is 30.4 Å². The second kappa shape index (κ2) is 10.2. The van der Waals surface area contributed by atoms with Gasteiger partial charge in [-0.1, -0.05) is 12.1 Å². The molecule has 3 aromatic heterocycles. The van der Waals surface area contributed by atoms with Gasteiger partial charge in [0.15, 0.2) is 5.65 Å². The quantitative estimate of drug-likeness (QED) is 0.428. The molecule has 2 saturated carbocycles. The predicted molar refractivity (Wildman–Crippen MR) is 130 cm³/mol. The predicted octanol–water partition coefficient (Wildman–Crippen LogP) is 4.69. The molecule has 0 radical (unpaired) electrons. The van der Waals surface area contributed by atoms with Crippen molar-refractivity contribution in [3.8, 4) is 0 Å². The van der Waals surface area contributed by atoms with Crippen LogP contribution in [-0.4, -0.2) is 37.5 Å². The second-order valence-corrected chi connectivity index (χ2v) is 10.4. The third-order valence-corrected chi connectivity index (χ3v) is 7.40. The molecule has 2 atom stereocenters. The lowest BCUT2D eigenvalue weighted by molar-refractivity contribution is -0.122. The first-order valence-corrected chi connectivity index (χ1v) is 13.0. The van der Waals surface area contributed by atoms with Gasteiger partial charge >= 0.3 is 0 Å². The van der Waals surface area contributed by atoms with Gasteiger partial charge in [0.25, 0.3) is 5.91 Å². The number of rotatable bonds is 9. The molecule has 0 aromatic carbocycles. The maximum atomic E-state index is 13.9. The lowest BCUT2D eigenvalue weighted by Crippen LogP contribution is -2.37. The molecule has 0 aliphatic heterocycles. The van der Waals surface area contributed by atoms with Crippen LogP contribution in [0.1, 0.15) is 97.7 Å². The number of nitrogens with zero attached hydrogens (tertiary/aromatic N) is 4. The number of carbonyl (C=O) groups excluding carboxylic acids is 2. The maximum absolute atomic E-state index is 13.9. The molecule has 2 fully saturated rings. The molecule has 2 amide bonds. The van der Waals surface area contributed by atoms with E-state index in [4.69, 9.17) is 9.51 Å². The number of hydrogen-bond donors (Lipinski definition) is 2. The minimum absolute atomic E-state index is 0.0166. The van der Waals surface area contributed by atoms with E-state index >= 15 is 0 Å². The van der Waals surface area contributed by atoms with Crippen LogP contribution in [-0.2, 0) is 4.79 Å². The van der Waals surface area contributed by atoms with Crippen molar-refractivity contribution >= 4 is 17.5 Å². The van der Waals surface area contributed by atoms with Gasteiger partial charge in [0.2, 0.25) is 17.6 Å². The van der Waals surface area contributed by atoms with Gasteiger partial charge in [0, 0.05) is 24.8 Å². The van der Waals surface area contributed by atoms with E-state index in [-0.39, 0.29) is 49.3 Å². The first kappa shape index (κ1) is 25.3. The van der Waals surface area contributed by atoms with Crippen LogP contribution < -0.4 is 10.6 Å². The number of alkyl halides is 2. The van der Waals surface area contributed by atoms with Crippen molar-refractivity contribution in [2.45, 2.75) is 83.2 Å². The van der Waals surface area contributed by atoms with Gasteiger partial charge in [-0.3, -0.25) is 9.59 Å². The highest BCUT2D eigenvalue weighted by atomic mass is 19.3. The molecule has 2 aliphatic rings. The molecule has 3 heterocycles. The molecule has 3 aromatic rings. The summed E-state index contributed by atoms with van der Waals surface area (Å²) in [5.41, 5.74) is 2.58. The zero-order valence-electron chi connectivity index (χ0n) is 21.0. The summed E-state index contributed by atoms with van der Waals surface area (Å²) in [4.78, 5) is 30.1. The van der Waals surface area contributed by atoms with Gasteiger partial charge in [-0.05, 0) is 62.5 Å². The molecular formula is C26H32F2N6O3. The Kier molecular flexibility index (Phi) is 6.96. The molecule has 5 rings (SSSR count). The van der Waals surface area contributed by atoms with Crippen LogP contribution in [0.2, 0.25) is 0 Å². The summed E-state index contributed by atoms with van der Waals surface area (Å²) in [6.07, 6.45) is 8.30. The number of halogens is 2. The third kappa shape index (κ3) is 5.65. The third-order valence-electron chi connectivity index (χ3n) is 7.40. The molecule has 0 saturated heterocycles. The Morgan fingerprint density at radius 2 is 1.86 bits per heavy atom. The molecule has 11 heteroatoms. The summed E-state index contributed by atoms with van der Waals surface area (Å²) >= 11 is 0. The molecule has 2 aliphatic carbocycles. The van der Waals surface area contributed by atoms with Crippen molar-refractivity contribution in [2.75, 3.05) is 0 Å². The molecule has 9 nitrogen and oxygen atoms in total. The van der Waals surface area contributed by atoms with Gasteiger partial charge in [-0.15, -0.1) is 0 Å². The van der Waals surface area contributed by atoms with E-state index in [1.807, 2.05) is 13.0 Å². The molecule has 0 spiro atoms. The molecule has 37 heavy (non-hydrogen) atoms. The Morgan fingerprint density at radius 1 is 1.14 bits per heavy atom. The first-order chi connectivity index (χ1) is 17.7. The standard InChI is InChI=1S/C26H32F2N6O3/c1-3-4-21(35)32-22(16-5-6-16)18-11-20-31-19(14-34(20)29-13-18)23(17-7-9-26(27,28)10-8-17)33-25(36)24-15(2)12-30-37-24/h11-14,16-17,22-23H,3-10H2,1-2H3,(H,32,35)(H,33,36)/t22-,23+/m1/s1. The number of fused-ring (bicyclic) bond motifs is 1. The number of aryl methyl sites for hydroxylation is 1. The highest BCUT2D eigenvalue weighted by molar-refractivity contribution is 5.92. The van der Waals surface area contributed by atoms with Crippen LogP contribution in [0.15, 0.2) is 29.2 Å². The average Bonchev–Trinajstić information content (AvgIpc) is 3.47. The Morgan fingerprint density at radius 3 is 2.51 bits per heavy atom. The van der Waals surface area contributed by atoms with Crippen LogP contribution in [0, 0.1) is 18.8 Å². The lowest BCUT2D eigenvalue weighted by Gasteiger charge is -2.33. The summed E-state index contributed by atoms with van der Waals surface area (Å²) in [5, 5.41) is 14.3. The van der Waals surface area contributed by atoms with Crippen molar-refractivity contribution in [3.05, 3.63) is 47.2 Å². The smallest absolute Gasteiger partial charge is 0.290 e. The van der Waals surface area contributed by atoms with E-state index < -0.39 is 17.9 Å². The summed E-state index contributed by atoms with van der Waals surface area (Å²) in [5.74, 6) is -2.89. The summed E-state index contributed by atoms with van der Waals surface area (Å²) in [7, 11) is 0. The van der Waals surface area contributed by atoms with Crippen molar-refractivity contribution in [2.24, 2.45) is 11.8 Å². The number of imidazole rings is 1. The zero-order valence-corrected chi connectivity index (χ0v) is 21.0. The topological polar surface area (TPSA) is 114 Å². The minimum atomic E-state index is -2.69. The SMILES string of the molecule is CCCC(=O)N[C@@H](c1cnn2cc([C@@H](NC(=O)c3oncc3C)C3CCC(F)(F)CC3)nc2c1)C1CC1. The number of amides is 2. The normalized spacial score (nSPS) is 19.5. The Hall–Kier alpha value is -3.37. The molecule has 0 unspecified atom stereocenters. The van der Waals surface area contributed by atoms with Crippen LogP contribution in [0.25, 0.3) is 5.65 Å². The summed E-state index contributed by atoms with van der Waals surface area (Å²) < 4.78 is 34.5. The first-order valence-electron chi connectivity index (χ1n) is 13.0. The van der Waals surface area contributed by atoms with Crippen molar-refractivity contribution in [1.29, 1.82) is 0 Å².